The van der Waals surface area contributed by atoms with Crippen molar-refractivity contribution in [2.45, 2.75) is 13.0 Å². The zero-order chi connectivity index (χ0) is 15.4. The number of methoxy groups -OCH3 is 2. The molecule has 0 spiro atoms. The molecule has 0 fully saturated rings. The molecule has 0 saturated carbocycles. The molecule has 2 aromatic rings. The highest BCUT2D eigenvalue weighted by Crippen LogP contribution is 2.32. The van der Waals surface area contributed by atoms with Gasteiger partial charge in [0.25, 0.3) is 0 Å². The van der Waals surface area contributed by atoms with E-state index in [-0.39, 0.29) is 0 Å². The zero-order valence-corrected chi connectivity index (χ0v) is 13.2. The van der Waals surface area contributed by atoms with E-state index >= 15 is 0 Å². The highest BCUT2D eigenvalue weighted by atomic mass is 16.5. The standard InChI is InChI=1S/C15H24N4O2/c1-18(2)7-8-19-12-10-14(21-4)13(20-3)9-11(12)17-15(19)5-6-16/h9-10H,5-8,16H2,1-4H3. The lowest BCUT2D eigenvalue weighted by Crippen LogP contribution is -2.20. The van der Waals surface area contributed by atoms with Crippen LogP contribution in [0.5, 0.6) is 11.5 Å². The van der Waals surface area contributed by atoms with Crippen LogP contribution in [0.1, 0.15) is 5.82 Å². The van der Waals surface area contributed by atoms with Gasteiger partial charge in [-0.3, -0.25) is 0 Å². The Balaban J connectivity index is 2.52. The van der Waals surface area contributed by atoms with Crippen LogP contribution in [0.2, 0.25) is 0 Å². The Bertz CT molecular complexity index is 607. The molecule has 1 aromatic carbocycles. The lowest BCUT2D eigenvalue weighted by molar-refractivity contribution is 0.355. The molecule has 116 valence electrons. The molecule has 6 heteroatoms. The first kappa shape index (κ1) is 15.6. The van der Waals surface area contributed by atoms with Crippen LogP contribution in [-0.4, -0.2) is 55.9 Å². The van der Waals surface area contributed by atoms with Crippen molar-refractivity contribution < 1.29 is 9.47 Å². The van der Waals surface area contributed by atoms with Crippen molar-refractivity contribution >= 4 is 11.0 Å². The predicted molar refractivity (Wildman–Crippen MR) is 84.1 cm³/mol. The minimum absolute atomic E-state index is 0.583. The van der Waals surface area contributed by atoms with Crippen LogP contribution in [0, 0.1) is 0 Å². The van der Waals surface area contributed by atoms with Gasteiger partial charge in [-0.05, 0) is 20.6 Å². The van der Waals surface area contributed by atoms with Crippen molar-refractivity contribution in [2.24, 2.45) is 5.73 Å². The second-order valence-corrected chi connectivity index (χ2v) is 5.22. The Morgan fingerprint density at radius 2 is 1.86 bits per heavy atom. The number of rotatable bonds is 7. The van der Waals surface area contributed by atoms with Gasteiger partial charge in [0.1, 0.15) is 5.82 Å². The average molecular weight is 292 g/mol. The van der Waals surface area contributed by atoms with E-state index in [1.54, 1.807) is 14.2 Å². The molecule has 1 heterocycles. The van der Waals surface area contributed by atoms with E-state index in [1.807, 2.05) is 12.1 Å². The highest BCUT2D eigenvalue weighted by molar-refractivity contribution is 5.80. The second-order valence-electron chi connectivity index (χ2n) is 5.22. The van der Waals surface area contributed by atoms with E-state index in [1.165, 1.54) is 0 Å². The van der Waals surface area contributed by atoms with Gasteiger partial charge >= 0.3 is 0 Å². The fourth-order valence-electron chi connectivity index (χ4n) is 2.37. The Kier molecular flexibility index (Phi) is 5.03. The first-order chi connectivity index (χ1) is 10.1. The van der Waals surface area contributed by atoms with Crippen molar-refractivity contribution in [2.75, 3.05) is 41.4 Å². The summed E-state index contributed by atoms with van der Waals surface area (Å²) in [5, 5.41) is 0. The maximum absolute atomic E-state index is 5.71. The van der Waals surface area contributed by atoms with Crippen LogP contribution in [0.15, 0.2) is 12.1 Å². The van der Waals surface area contributed by atoms with E-state index in [0.717, 1.165) is 42.1 Å². The van der Waals surface area contributed by atoms with Crippen molar-refractivity contribution in [1.82, 2.24) is 14.5 Å². The van der Waals surface area contributed by atoms with Crippen molar-refractivity contribution in [3.63, 3.8) is 0 Å². The SMILES string of the molecule is COc1cc2nc(CCN)n(CCN(C)C)c2cc1OC. The summed E-state index contributed by atoms with van der Waals surface area (Å²) >= 11 is 0. The summed E-state index contributed by atoms with van der Waals surface area (Å²) in [6.07, 6.45) is 0.757. The minimum Gasteiger partial charge on any atom is -0.493 e. The summed E-state index contributed by atoms with van der Waals surface area (Å²) in [7, 11) is 7.40. The second kappa shape index (κ2) is 6.78. The summed E-state index contributed by atoms with van der Waals surface area (Å²) in [6, 6.07) is 3.90. The molecule has 21 heavy (non-hydrogen) atoms. The van der Waals surface area contributed by atoms with Gasteiger partial charge in [-0.15, -0.1) is 0 Å². The summed E-state index contributed by atoms with van der Waals surface area (Å²) in [6.45, 7) is 2.39. The minimum atomic E-state index is 0.583. The van der Waals surface area contributed by atoms with Crippen LogP contribution in [-0.2, 0) is 13.0 Å². The normalized spacial score (nSPS) is 11.3. The number of likely N-dealkylation sites (N-methyl/N-ethyl adjacent to an activating group) is 1. The zero-order valence-electron chi connectivity index (χ0n) is 13.2. The first-order valence-corrected chi connectivity index (χ1v) is 7.06. The van der Waals surface area contributed by atoms with Gasteiger partial charge in [-0.25, -0.2) is 4.98 Å². The maximum atomic E-state index is 5.71. The van der Waals surface area contributed by atoms with Crippen molar-refractivity contribution in [1.29, 1.82) is 0 Å². The van der Waals surface area contributed by atoms with E-state index in [4.69, 9.17) is 20.2 Å². The molecule has 0 aliphatic heterocycles. The van der Waals surface area contributed by atoms with Gasteiger partial charge in [0.15, 0.2) is 11.5 Å². The Hall–Kier alpha value is -1.79. The predicted octanol–water partition coefficient (Wildman–Crippen LogP) is 1.12. The molecule has 0 aliphatic carbocycles. The number of hydrogen-bond donors (Lipinski definition) is 1. The van der Waals surface area contributed by atoms with Gasteiger partial charge in [0.2, 0.25) is 0 Å². The molecule has 0 radical (unpaired) electrons. The fraction of sp³-hybridized carbons (Fsp3) is 0.533. The van der Waals surface area contributed by atoms with E-state index in [2.05, 4.69) is 23.6 Å². The van der Waals surface area contributed by atoms with Crippen LogP contribution in [0.25, 0.3) is 11.0 Å². The van der Waals surface area contributed by atoms with E-state index in [9.17, 15) is 0 Å². The number of imidazole rings is 1. The molecule has 1 aromatic heterocycles. The van der Waals surface area contributed by atoms with Crippen LogP contribution in [0.3, 0.4) is 0 Å². The van der Waals surface area contributed by atoms with Crippen LogP contribution in [0.4, 0.5) is 0 Å². The molecule has 0 bridgehead atoms. The first-order valence-electron chi connectivity index (χ1n) is 7.06. The largest absolute Gasteiger partial charge is 0.493 e. The molecular formula is C15H24N4O2. The number of benzene rings is 1. The number of hydrogen-bond acceptors (Lipinski definition) is 5. The van der Waals surface area contributed by atoms with Gasteiger partial charge in [-0.1, -0.05) is 0 Å². The molecule has 2 N–H and O–H groups in total. The van der Waals surface area contributed by atoms with E-state index < -0.39 is 0 Å². The summed E-state index contributed by atoms with van der Waals surface area (Å²) < 4.78 is 12.9. The molecule has 0 amide bonds. The number of nitrogens with zero attached hydrogens (tertiary/aromatic N) is 3. The molecule has 0 unspecified atom stereocenters. The number of nitrogens with two attached hydrogens (primary N) is 1. The van der Waals surface area contributed by atoms with Crippen LogP contribution >= 0.6 is 0 Å². The fourth-order valence-corrected chi connectivity index (χ4v) is 2.37. The average Bonchev–Trinajstić information content (AvgIpc) is 2.80. The maximum Gasteiger partial charge on any atom is 0.163 e. The summed E-state index contributed by atoms with van der Waals surface area (Å²) in [5.74, 6) is 2.42. The summed E-state index contributed by atoms with van der Waals surface area (Å²) in [5.41, 5.74) is 7.67. The smallest absolute Gasteiger partial charge is 0.163 e. The third-order valence-electron chi connectivity index (χ3n) is 3.47. The Labute approximate surface area is 125 Å². The number of fused-ring (bicyclic) bond motifs is 1. The van der Waals surface area contributed by atoms with Crippen molar-refractivity contribution in [3.05, 3.63) is 18.0 Å². The lowest BCUT2D eigenvalue weighted by atomic mass is 10.2. The van der Waals surface area contributed by atoms with Gasteiger partial charge in [0.05, 0.1) is 25.3 Å². The molecular weight excluding hydrogens is 268 g/mol. The number of ether oxygens (including phenoxy) is 2. The summed E-state index contributed by atoms with van der Waals surface area (Å²) in [4.78, 5) is 6.84. The van der Waals surface area contributed by atoms with Gasteiger partial charge in [-0.2, -0.15) is 0 Å². The topological polar surface area (TPSA) is 65.5 Å². The highest BCUT2D eigenvalue weighted by Gasteiger charge is 2.14. The number of aromatic nitrogens is 2. The third-order valence-corrected chi connectivity index (χ3v) is 3.47. The Morgan fingerprint density at radius 1 is 1.19 bits per heavy atom. The lowest BCUT2D eigenvalue weighted by Gasteiger charge is -2.14. The van der Waals surface area contributed by atoms with Crippen LogP contribution < -0.4 is 15.2 Å². The third kappa shape index (κ3) is 3.28. The molecule has 0 saturated heterocycles. The van der Waals surface area contributed by atoms with E-state index in [0.29, 0.717) is 12.3 Å². The van der Waals surface area contributed by atoms with Crippen molar-refractivity contribution in [3.8, 4) is 11.5 Å². The molecule has 2 rings (SSSR count). The molecule has 6 nitrogen and oxygen atoms in total. The molecule has 0 aliphatic rings. The molecule has 0 atom stereocenters. The Morgan fingerprint density at radius 3 is 2.43 bits per heavy atom. The monoisotopic (exact) mass is 292 g/mol. The van der Waals surface area contributed by atoms with Gasteiger partial charge < -0.3 is 24.7 Å². The van der Waals surface area contributed by atoms with Gasteiger partial charge in [0, 0.05) is 31.6 Å². The quantitative estimate of drug-likeness (QED) is 0.828.